The van der Waals surface area contributed by atoms with E-state index in [4.69, 9.17) is 4.74 Å². The number of hydrogen-bond acceptors (Lipinski definition) is 1. The van der Waals surface area contributed by atoms with Crippen molar-refractivity contribution in [2.45, 2.75) is 25.8 Å². The third-order valence-electron chi connectivity index (χ3n) is 4.65. The normalized spacial score (nSPS) is 13.6. The Morgan fingerprint density at radius 1 is 1.00 bits per heavy atom. The summed E-state index contributed by atoms with van der Waals surface area (Å²) < 4.78 is 11.2. The number of fused-ring (bicyclic) bond motifs is 1. The van der Waals surface area contributed by atoms with E-state index in [0.29, 0.717) is 0 Å². The number of halogens is 1. The third kappa shape index (κ3) is 2.75. The van der Waals surface area contributed by atoms with Crippen LogP contribution in [0.2, 0.25) is 0 Å². The van der Waals surface area contributed by atoms with Crippen LogP contribution in [0.15, 0.2) is 59.2 Å². The van der Waals surface area contributed by atoms with Gasteiger partial charge in [0.1, 0.15) is 17.6 Å². The van der Waals surface area contributed by atoms with Crippen molar-refractivity contribution in [3.8, 4) is 22.7 Å². The molecule has 1 aliphatic heterocycles. The van der Waals surface area contributed by atoms with E-state index in [9.17, 15) is 0 Å². The van der Waals surface area contributed by atoms with Crippen molar-refractivity contribution < 1.29 is 9.30 Å². The Morgan fingerprint density at radius 3 is 2.46 bits per heavy atom. The van der Waals surface area contributed by atoms with Gasteiger partial charge in [0, 0.05) is 16.5 Å². The topological polar surface area (TPSA) is 18.0 Å². The zero-order valence-electron chi connectivity index (χ0n) is 13.7. The van der Waals surface area contributed by atoms with Gasteiger partial charge in [-0.25, -0.2) is 4.57 Å². The molecule has 0 atom stereocenters. The largest absolute Gasteiger partial charge is 0.497 e. The maximum Gasteiger partial charge on any atom is 0.262 e. The highest BCUT2D eigenvalue weighted by Crippen LogP contribution is 2.25. The Kier molecular flexibility index (Phi) is 4.15. The summed E-state index contributed by atoms with van der Waals surface area (Å²) in [7, 11) is 1.70. The Bertz CT molecular complexity index is 851. The fourth-order valence-electron chi connectivity index (χ4n) is 3.41. The van der Waals surface area contributed by atoms with Crippen molar-refractivity contribution in [2.75, 3.05) is 7.11 Å². The average Bonchev–Trinajstić information content (AvgIpc) is 3.02. The monoisotopic (exact) mass is 383 g/mol. The minimum atomic E-state index is 0.889. The smallest absolute Gasteiger partial charge is 0.262 e. The number of hydrogen-bond donors (Lipinski definition) is 0. The van der Waals surface area contributed by atoms with Gasteiger partial charge in [0.15, 0.2) is 5.69 Å². The van der Waals surface area contributed by atoms with Gasteiger partial charge in [-0.2, -0.15) is 4.57 Å². The highest BCUT2D eigenvalue weighted by molar-refractivity contribution is 9.10. The van der Waals surface area contributed by atoms with Crippen LogP contribution in [-0.4, -0.2) is 11.7 Å². The lowest BCUT2D eigenvalue weighted by atomic mass is 10.1. The molecular weight excluding hydrogens is 364 g/mol. The number of benzene rings is 2. The van der Waals surface area contributed by atoms with Crippen LogP contribution < -0.4 is 9.30 Å². The van der Waals surface area contributed by atoms with E-state index in [-0.39, 0.29) is 0 Å². The summed E-state index contributed by atoms with van der Waals surface area (Å²) in [6.07, 6.45) is 5.88. The Balaban J connectivity index is 1.84. The maximum absolute atomic E-state index is 5.28. The fraction of sp³-hybridized carbons (Fsp3) is 0.250. The predicted octanol–water partition coefficient (Wildman–Crippen LogP) is 4.54. The van der Waals surface area contributed by atoms with Gasteiger partial charge < -0.3 is 4.74 Å². The molecule has 0 saturated heterocycles. The van der Waals surface area contributed by atoms with Gasteiger partial charge in [0.2, 0.25) is 0 Å². The molecule has 2 heterocycles. The highest BCUT2D eigenvalue weighted by Gasteiger charge is 2.27. The molecule has 1 aliphatic rings. The van der Waals surface area contributed by atoms with E-state index in [1.165, 1.54) is 35.6 Å². The molecule has 0 radical (unpaired) electrons. The SMILES string of the molecule is COc1ccc(-n2cc(-c3ccc(Br)cc3)[n+]3c2CCCC3)cc1. The second-order valence-electron chi connectivity index (χ2n) is 6.11. The van der Waals surface area contributed by atoms with Crippen LogP contribution in [0.25, 0.3) is 16.9 Å². The van der Waals surface area contributed by atoms with Crippen LogP contribution in [0.3, 0.4) is 0 Å². The first kappa shape index (κ1) is 15.5. The molecule has 0 aliphatic carbocycles. The summed E-state index contributed by atoms with van der Waals surface area (Å²) in [4.78, 5) is 0. The zero-order valence-corrected chi connectivity index (χ0v) is 15.3. The molecule has 0 spiro atoms. The fourth-order valence-corrected chi connectivity index (χ4v) is 3.68. The van der Waals surface area contributed by atoms with Crippen LogP contribution in [0.4, 0.5) is 0 Å². The maximum atomic E-state index is 5.28. The minimum Gasteiger partial charge on any atom is -0.497 e. The van der Waals surface area contributed by atoms with Crippen molar-refractivity contribution in [3.05, 3.63) is 65.0 Å². The first-order valence-electron chi connectivity index (χ1n) is 8.31. The molecule has 0 bridgehead atoms. The second-order valence-corrected chi connectivity index (χ2v) is 7.03. The van der Waals surface area contributed by atoms with Gasteiger partial charge >= 0.3 is 0 Å². The molecule has 3 aromatic rings. The van der Waals surface area contributed by atoms with Gasteiger partial charge in [-0.15, -0.1) is 0 Å². The molecule has 0 saturated carbocycles. The molecule has 0 unspecified atom stereocenters. The van der Waals surface area contributed by atoms with Crippen LogP contribution in [0.5, 0.6) is 5.75 Å². The quantitative estimate of drug-likeness (QED) is 0.607. The number of nitrogens with zero attached hydrogens (tertiary/aromatic N) is 2. The average molecular weight is 384 g/mol. The van der Waals surface area contributed by atoms with Gasteiger partial charge in [-0.05, 0) is 61.4 Å². The zero-order chi connectivity index (χ0) is 16.5. The predicted molar refractivity (Wildman–Crippen MR) is 98.6 cm³/mol. The summed E-state index contributed by atoms with van der Waals surface area (Å²) in [5, 5.41) is 0. The molecule has 2 aromatic carbocycles. The van der Waals surface area contributed by atoms with Crippen LogP contribution in [0, 0.1) is 0 Å². The van der Waals surface area contributed by atoms with E-state index >= 15 is 0 Å². The number of rotatable bonds is 3. The summed E-state index contributed by atoms with van der Waals surface area (Å²) in [6, 6.07) is 16.9. The van der Waals surface area contributed by atoms with Crippen molar-refractivity contribution in [1.82, 2.24) is 4.57 Å². The number of methoxy groups -OCH3 is 1. The van der Waals surface area contributed by atoms with Crippen molar-refractivity contribution >= 4 is 15.9 Å². The van der Waals surface area contributed by atoms with Crippen LogP contribution in [0.1, 0.15) is 18.7 Å². The van der Waals surface area contributed by atoms with Gasteiger partial charge in [-0.3, -0.25) is 0 Å². The summed E-state index contributed by atoms with van der Waals surface area (Å²) in [5.74, 6) is 2.27. The summed E-state index contributed by atoms with van der Waals surface area (Å²) >= 11 is 3.52. The number of imidazole rings is 1. The van der Waals surface area contributed by atoms with E-state index < -0.39 is 0 Å². The lowest BCUT2D eigenvalue weighted by Crippen LogP contribution is -2.42. The van der Waals surface area contributed by atoms with E-state index in [1.54, 1.807) is 7.11 Å². The lowest BCUT2D eigenvalue weighted by molar-refractivity contribution is -0.698. The van der Waals surface area contributed by atoms with Crippen LogP contribution >= 0.6 is 15.9 Å². The molecule has 1 aromatic heterocycles. The molecule has 0 N–H and O–H groups in total. The molecule has 4 rings (SSSR count). The Hall–Kier alpha value is -2.07. The molecular formula is C20H20BrN2O+. The van der Waals surface area contributed by atoms with Gasteiger partial charge in [0.25, 0.3) is 5.82 Å². The first-order chi connectivity index (χ1) is 11.8. The Morgan fingerprint density at radius 2 is 1.75 bits per heavy atom. The Labute approximate surface area is 150 Å². The van der Waals surface area contributed by atoms with Gasteiger partial charge in [0.05, 0.1) is 13.7 Å². The number of ether oxygens (including phenoxy) is 1. The molecule has 24 heavy (non-hydrogen) atoms. The summed E-state index contributed by atoms with van der Waals surface area (Å²) in [6.45, 7) is 1.09. The van der Waals surface area contributed by atoms with E-state index in [2.05, 4.69) is 67.7 Å². The van der Waals surface area contributed by atoms with E-state index in [1.807, 2.05) is 12.1 Å². The molecule has 0 fully saturated rings. The molecule has 122 valence electrons. The second kappa shape index (κ2) is 6.44. The van der Waals surface area contributed by atoms with Gasteiger partial charge in [-0.1, -0.05) is 15.9 Å². The van der Waals surface area contributed by atoms with Crippen molar-refractivity contribution in [3.63, 3.8) is 0 Å². The van der Waals surface area contributed by atoms with Crippen LogP contribution in [-0.2, 0) is 13.0 Å². The van der Waals surface area contributed by atoms with E-state index in [0.717, 1.165) is 23.2 Å². The molecule has 3 nitrogen and oxygen atoms in total. The third-order valence-corrected chi connectivity index (χ3v) is 5.18. The highest BCUT2D eigenvalue weighted by atomic mass is 79.9. The standard InChI is InChI=1S/C20H20BrN2O/c1-24-18-11-9-17(10-12-18)23-14-19(15-5-7-16(21)8-6-15)22-13-3-2-4-20(22)23/h5-12,14H,2-4,13H2,1H3/q+1. The summed E-state index contributed by atoms with van der Waals surface area (Å²) in [5.41, 5.74) is 3.73. The van der Waals surface area contributed by atoms with Crippen molar-refractivity contribution in [1.29, 1.82) is 0 Å². The minimum absolute atomic E-state index is 0.889. The molecule has 4 heteroatoms. The first-order valence-corrected chi connectivity index (χ1v) is 9.10. The lowest BCUT2D eigenvalue weighted by Gasteiger charge is -2.11. The number of aromatic nitrogens is 2. The van der Waals surface area contributed by atoms with Crippen molar-refractivity contribution in [2.24, 2.45) is 0 Å². The molecule has 0 amide bonds.